The Kier molecular flexibility index (Phi) is 5.98. The summed E-state index contributed by atoms with van der Waals surface area (Å²) < 4.78 is 15.3. The zero-order chi connectivity index (χ0) is 13.4. The molecule has 0 spiro atoms. The van der Waals surface area contributed by atoms with Crippen LogP contribution in [0.15, 0.2) is 18.2 Å². The lowest BCUT2D eigenvalue weighted by molar-refractivity contribution is 0.197. The first-order valence-electron chi connectivity index (χ1n) is 5.60. The summed E-state index contributed by atoms with van der Waals surface area (Å²) >= 11 is 0. The van der Waals surface area contributed by atoms with E-state index in [1.807, 2.05) is 6.07 Å². The summed E-state index contributed by atoms with van der Waals surface area (Å²) in [6.07, 6.45) is 0. The fourth-order valence-corrected chi connectivity index (χ4v) is 1.59. The molecule has 1 unspecified atom stereocenters. The summed E-state index contributed by atoms with van der Waals surface area (Å²) in [6.45, 7) is 1.15. The van der Waals surface area contributed by atoms with Crippen molar-refractivity contribution in [1.29, 1.82) is 5.26 Å². The van der Waals surface area contributed by atoms with Crippen molar-refractivity contribution in [2.45, 2.75) is 6.04 Å². The van der Waals surface area contributed by atoms with Crippen molar-refractivity contribution in [3.63, 3.8) is 0 Å². The van der Waals surface area contributed by atoms with Gasteiger partial charge in [0, 0.05) is 25.3 Å². The van der Waals surface area contributed by atoms with Crippen LogP contribution in [0.1, 0.15) is 11.6 Å². The Morgan fingerprint density at radius 1 is 1.28 bits per heavy atom. The summed E-state index contributed by atoms with van der Waals surface area (Å²) in [4.78, 5) is 0. The van der Waals surface area contributed by atoms with Gasteiger partial charge < -0.3 is 14.2 Å². The van der Waals surface area contributed by atoms with Crippen LogP contribution >= 0.6 is 0 Å². The van der Waals surface area contributed by atoms with E-state index in [0.29, 0.717) is 24.7 Å². The average molecular weight is 250 g/mol. The Labute approximate surface area is 107 Å². The molecule has 0 aliphatic carbocycles. The molecule has 0 bridgehead atoms. The Morgan fingerprint density at radius 3 is 2.61 bits per heavy atom. The molecule has 5 nitrogen and oxygen atoms in total. The molecule has 0 aliphatic rings. The zero-order valence-electron chi connectivity index (χ0n) is 10.9. The van der Waals surface area contributed by atoms with Crippen molar-refractivity contribution in [2.24, 2.45) is 0 Å². The molecule has 0 amide bonds. The van der Waals surface area contributed by atoms with Crippen LogP contribution in [0.2, 0.25) is 0 Å². The van der Waals surface area contributed by atoms with Gasteiger partial charge in [-0.3, -0.25) is 5.32 Å². The highest BCUT2D eigenvalue weighted by molar-refractivity contribution is 5.44. The molecule has 1 atom stereocenters. The molecule has 1 N–H and O–H groups in total. The Balaban J connectivity index is 2.88. The van der Waals surface area contributed by atoms with Gasteiger partial charge in [-0.15, -0.1) is 0 Å². The van der Waals surface area contributed by atoms with Crippen molar-refractivity contribution < 1.29 is 14.2 Å². The second-order valence-electron chi connectivity index (χ2n) is 3.62. The minimum absolute atomic E-state index is 0.430. The molecule has 1 rings (SSSR count). The summed E-state index contributed by atoms with van der Waals surface area (Å²) in [5.74, 6) is 1.33. The van der Waals surface area contributed by atoms with Crippen LogP contribution in [0.25, 0.3) is 0 Å². The summed E-state index contributed by atoms with van der Waals surface area (Å²) in [6, 6.07) is 7.16. The summed E-state index contributed by atoms with van der Waals surface area (Å²) in [7, 11) is 4.78. The smallest absolute Gasteiger partial charge is 0.128 e. The number of hydrogen-bond donors (Lipinski definition) is 1. The third kappa shape index (κ3) is 3.62. The van der Waals surface area contributed by atoms with Crippen molar-refractivity contribution in [1.82, 2.24) is 5.32 Å². The molecule has 18 heavy (non-hydrogen) atoms. The van der Waals surface area contributed by atoms with Crippen LogP contribution in [0.3, 0.4) is 0 Å². The van der Waals surface area contributed by atoms with Gasteiger partial charge in [0.2, 0.25) is 0 Å². The second-order valence-corrected chi connectivity index (χ2v) is 3.62. The maximum atomic E-state index is 9.19. The van der Waals surface area contributed by atoms with Crippen molar-refractivity contribution in [3.8, 4) is 17.6 Å². The standard InChI is InChI=1S/C13H18N2O3/c1-16-7-6-15-12(9-14)11-5-4-10(17-2)8-13(11)18-3/h4-5,8,12,15H,6-7H2,1-3H3. The lowest BCUT2D eigenvalue weighted by Crippen LogP contribution is -2.24. The number of benzene rings is 1. The number of methoxy groups -OCH3 is 3. The molecule has 1 aromatic rings. The first-order valence-corrected chi connectivity index (χ1v) is 5.60. The van der Waals surface area contributed by atoms with Crippen molar-refractivity contribution >= 4 is 0 Å². The molecular formula is C13H18N2O3. The van der Waals surface area contributed by atoms with Gasteiger partial charge in [-0.05, 0) is 12.1 Å². The van der Waals surface area contributed by atoms with E-state index in [1.54, 1.807) is 33.5 Å². The number of nitriles is 1. The normalized spacial score (nSPS) is 11.7. The Morgan fingerprint density at radius 2 is 2.06 bits per heavy atom. The largest absolute Gasteiger partial charge is 0.497 e. The van der Waals surface area contributed by atoms with Gasteiger partial charge in [0.25, 0.3) is 0 Å². The average Bonchev–Trinajstić information content (AvgIpc) is 2.43. The van der Waals surface area contributed by atoms with Crippen molar-refractivity contribution in [2.75, 3.05) is 34.5 Å². The quantitative estimate of drug-likeness (QED) is 0.743. The second kappa shape index (κ2) is 7.54. The minimum Gasteiger partial charge on any atom is -0.497 e. The van der Waals surface area contributed by atoms with Gasteiger partial charge >= 0.3 is 0 Å². The number of nitrogens with one attached hydrogen (secondary N) is 1. The lowest BCUT2D eigenvalue weighted by Gasteiger charge is -2.15. The van der Waals surface area contributed by atoms with Gasteiger partial charge in [-0.1, -0.05) is 0 Å². The highest BCUT2D eigenvalue weighted by Crippen LogP contribution is 2.29. The molecule has 0 saturated carbocycles. The van der Waals surface area contributed by atoms with Gasteiger partial charge in [0.05, 0.1) is 26.9 Å². The molecule has 0 fully saturated rings. The maximum Gasteiger partial charge on any atom is 0.128 e. The minimum atomic E-state index is -0.430. The third-order valence-electron chi connectivity index (χ3n) is 2.54. The molecular weight excluding hydrogens is 232 g/mol. The SMILES string of the molecule is COCCNC(C#N)c1ccc(OC)cc1OC. The van der Waals surface area contributed by atoms with E-state index in [-0.39, 0.29) is 0 Å². The topological polar surface area (TPSA) is 63.5 Å². The third-order valence-corrected chi connectivity index (χ3v) is 2.54. The number of hydrogen-bond acceptors (Lipinski definition) is 5. The molecule has 0 saturated heterocycles. The zero-order valence-corrected chi connectivity index (χ0v) is 10.9. The van der Waals surface area contributed by atoms with E-state index >= 15 is 0 Å². The van der Waals surface area contributed by atoms with E-state index in [9.17, 15) is 5.26 Å². The van der Waals surface area contributed by atoms with E-state index in [2.05, 4.69) is 11.4 Å². The van der Waals surface area contributed by atoms with E-state index < -0.39 is 6.04 Å². The lowest BCUT2D eigenvalue weighted by atomic mass is 10.1. The molecule has 0 aromatic heterocycles. The Hall–Kier alpha value is -1.77. The van der Waals surface area contributed by atoms with Crippen LogP contribution in [0, 0.1) is 11.3 Å². The van der Waals surface area contributed by atoms with E-state index in [4.69, 9.17) is 14.2 Å². The van der Waals surface area contributed by atoms with Crippen molar-refractivity contribution in [3.05, 3.63) is 23.8 Å². The van der Waals surface area contributed by atoms with Gasteiger partial charge in [0.1, 0.15) is 17.5 Å². The predicted molar refractivity (Wildman–Crippen MR) is 67.8 cm³/mol. The summed E-state index contributed by atoms with van der Waals surface area (Å²) in [5, 5.41) is 12.3. The predicted octanol–water partition coefficient (Wildman–Crippen LogP) is 1.50. The van der Waals surface area contributed by atoms with Gasteiger partial charge in [0.15, 0.2) is 0 Å². The highest BCUT2D eigenvalue weighted by Gasteiger charge is 2.15. The highest BCUT2D eigenvalue weighted by atomic mass is 16.5. The molecule has 5 heteroatoms. The van der Waals surface area contributed by atoms with Crippen LogP contribution in [-0.2, 0) is 4.74 Å². The first kappa shape index (κ1) is 14.3. The van der Waals surface area contributed by atoms with Gasteiger partial charge in [-0.25, -0.2) is 0 Å². The molecule has 98 valence electrons. The molecule has 0 radical (unpaired) electrons. The number of nitrogens with zero attached hydrogens (tertiary/aromatic N) is 1. The van der Waals surface area contributed by atoms with E-state index in [0.717, 1.165) is 5.56 Å². The molecule has 0 heterocycles. The fraction of sp³-hybridized carbons (Fsp3) is 0.462. The summed E-state index contributed by atoms with van der Waals surface area (Å²) in [5.41, 5.74) is 0.789. The number of rotatable bonds is 7. The van der Waals surface area contributed by atoms with Crippen LogP contribution < -0.4 is 14.8 Å². The maximum absolute atomic E-state index is 9.19. The Bertz CT molecular complexity index is 415. The van der Waals surface area contributed by atoms with Gasteiger partial charge in [-0.2, -0.15) is 5.26 Å². The van der Waals surface area contributed by atoms with Crippen LogP contribution in [0.4, 0.5) is 0 Å². The monoisotopic (exact) mass is 250 g/mol. The first-order chi connectivity index (χ1) is 8.76. The van der Waals surface area contributed by atoms with Crippen LogP contribution in [0.5, 0.6) is 11.5 Å². The molecule has 0 aliphatic heterocycles. The van der Waals surface area contributed by atoms with Crippen LogP contribution in [-0.4, -0.2) is 34.5 Å². The fourth-order valence-electron chi connectivity index (χ4n) is 1.59. The molecule has 1 aromatic carbocycles. The number of ether oxygens (including phenoxy) is 3. The van der Waals surface area contributed by atoms with E-state index in [1.165, 1.54) is 0 Å².